The topological polar surface area (TPSA) is 120 Å². The molecule has 0 spiro atoms. The van der Waals surface area contributed by atoms with Crippen LogP contribution in [0.2, 0.25) is 0 Å². The van der Waals surface area contributed by atoms with Crippen molar-refractivity contribution in [3.63, 3.8) is 0 Å². The van der Waals surface area contributed by atoms with Gasteiger partial charge in [-0.2, -0.15) is 10.2 Å². The molecule has 0 radical (unpaired) electrons. The average molecular weight is 450 g/mol. The minimum Gasteiger partial charge on any atom is -0.381 e. The summed E-state index contributed by atoms with van der Waals surface area (Å²) in [4.78, 5) is 22.8. The first-order valence-corrected chi connectivity index (χ1v) is 10.7. The second-order valence-electron chi connectivity index (χ2n) is 8.50. The van der Waals surface area contributed by atoms with Crippen LogP contribution in [0.25, 0.3) is 28.1 Å². The summed E-state index contributed by atoms with van der Waals surface area (Å²) >= 11 is 0. The van der Waals surface area contributed by atoms with Crippen LogP contribution in [0.3, 0.4) is 0 Å². The lowest BCUT2D eigenvalue weighted by molar-refractivity contribution is -0.0448. The lowest BCUT2D eigenvalue weighted by Gasteiger charge is -2.28. The maximum absolute atomic E-state index is 14.6. The quantitative estimate of drug-likeness (QED) is 0.467. The minimum atomic E-state index is -1.04. The van der Waals surface area contributed by atoms with E-state index in [1.165, 1.54) is 27.4 Å². The Morgan fingerprint density at radius 3 is 2.91 bits per heavy atom. The van der Waals surface area contributed by atoms with Gasteiger partial charge in [-0.3, -0.25) is 13.8 Å². The smallest absolute Gasteiger partial charge is 0.280 e. The van der Waals surface area contributed by atoms with E-state index in [2.05, 4.69) is 15.1 Å². The largest absolute Gasteiger partial charge is 0.381 e. The van der Waals surface area contributed by atoms with Gasteiger partial charge in [-0.15, -0.1) is 0 Å². The van der Waals surface area contributed by atoms with Crippen LogP contribution in [0.4, 0.5) is 4.39 Å². The van der Waals surface area contributed by atoms with E-state index in [1.54, 1.807) is 6.92 Å². The van der Waals surface area contributed by atoms with Gasteiger partial charge in [0.1, 0.15) is 40.7 Å². The first-order chi connectivity index (χ1) is 16.0. The average Bonchev–Trinajstić information content (AvgIpc) is 3.59. The first-order valence-electron chi connectivity index (χ1n) is 10.7. The molecule has 6 rings (SSSR count). The molecule has 2 aliphatic rings. The van der Waals surface area contributed by atoms with Crippen LogP contribution in [0, 0.1) is 17.1 Å². The molecule has 2 fully saturated rings. The Kier molecular flexibility index (Phi) is 4.36. The number of hydrogen-bond donors (Lipinski definition) is 0. The van der Waals surface area contributed by atoms with Gasteiger partial charge in [0, 0.05) is 13.2 Å². The summed E-state index contributed by atoms with van der Waals surface area (Å²) in [6.45, 7) is 3.35. The Morgan fingerprint density at radius 1 is 1.30 bits per heavy atom. The summed E-state index contributed by atoms with van der Waals surface area (Å²) in [5.41, 5.74) is -0.676. The van der Waals surface area contributed by atoms with Crippen molar-refractivity contribution in [2.45, 2.75) is 37.8 Å². The van der Waals surface area contributed by atoms with Crippen LogP contribution in [-0.4, -0.2) is 43.9 Å². The molecule has 3 aromatic heterocycles. The van der Waals surface area contributed by atoms with Crippen LogP contribution in [-0.2, 0) is 15.2 Å². The number of nitrogens with zero attached hydrogens (tertiary/aromatic N) is 6. The molecule has 11 heteroatoms. The van der Waals surface area contributed by atoms with Gasteiger partial charge in [0.25, 0.3) is 5.56 Å². The molecule has 1 aromatic carbocycles. The van der Waals surface area contributed by atoms with Crippen molar-refractivity contribution in [3.8, 4) is 17.6 Å². The highest BCUT2D eigenvalue weighted by molar-refractivity contribution is 5.87. The van der Waals surface area contributed by atoms with Crippen LogP contribution in [0.15, 0.2) is 27.8 Å². The molecule has 0 bridgehead atoms. The minimum absolute atomic E-state index is 0.00424. The molecule has 4 aromatic rings. The number of halogens is 1. The zero-order chi connectivity index (χ0) is 22.7. The summed E-state index contributed by atoms with van der Waals surface area (Å²) in [5.74, 6) is -0.0854. The lowest BCUT2D eigenvalue weighted by Crippen LogP contribution is -2.39. The highest BCUT2D eigenvalue weighted by atomic mass is 19.1. The van der Waals surface area contributed by atoms with Gasteiger partial charge in [0.2, 0.25) is 11.7 Å². The number of ether oxygens (including phenoxy) is 2. The standard InChI is InChI=1S/C22H19FN6O4/c1-22(6-2-7-32-22)29-17-13(9-24)14(23)3-4-15(17)28-11-25-16(18(28)21(29)30)19-26-20(33-27-19)12-5-8-31-10-12/h3-4,11-12H,2,5-8,10H2,1H3. The van der Waals surface area contributed by atoms with E-state index in [0.29, 0.717) is 37.6 Å². The fourth-order valence-electron chi connectivity index (χ4n) is 4.81. The fourth-order valence-corrected chi connectivity index (χ4v) is 4.81. The monoisotopic (exact) mass is 450 g/mol. The van der Waals surface area contributed by atoms with Crippen molar-refractivity contribution in [1.29, 1.82) is 5.26 Å². The second-order valence-corrected chi connectivity index (χ2v) is 8.50. The van der Waals surface area contributed by atoms with Gasteiger partial charge in [0.15, 0.2) is 0 Å². The molecule has 0 N–H and O–H groups in total. The first kappa shape index (κ1) is 20.0. The van der Waals surface area contributed by atoms with Gasteiger partial charge >= 0.3 is 0 Å². The number of rotatable bonds is 3. The number of benzene rings is 1. The van der Waals surface area contributed by atoms with Crippen LogP contribution in [0.1, 0.15) is 43.6 Å². The molecular weight excluding hydrogens is 431 g/mol. The molecule has 5 heterocycles. The molecule has 2 unspecified atom stereocenters. The highest BCUT2D eigenvalue weighted by Gasteiger charge is 2.37. The van der Waals surface area contributed by atoms with Gasteiger partial charge < -0.3 is 14.0 Å². The van der Waals surface area contributed by atoms with Crippen LogP contribution < -0.4 is 5.56 Å². The van der Waals surface area contributed by atoms with Gasteiger partial charge in [-0.25, -0.2) is 9.37 Å². The molecule has 0 amide bonds. The molecule has 2 aliphatic heterocycles. The fraction of sp³-hybridized carbons (Fsp3) is 0.409. The van der Waals surface area contributed by atoms with Crippen LogP contribution in [0.5, 0.6) is 0 Å². The van der Waals surface area contributed by atoms with Crippen molar-refractivity contribution in [2.24, 2.45) is 0 Å². The van der Waals surface area contributed by atoms with E-state index >= 15 is 0 Å². The van der Waals surface area contributed by atoms with E-state index in [4.69, 9.17) is 14.0 Å². The molecule has 0 aliphatic carbocycles. The van der Waals surface area contributed by atoms with Crippen molar-refractivity contribution in [1.82, 2.24) is 24.1 Å². The predicted molar refractivity (Wildman–Crippen MR) is 112 cm³/mol. The SMILES string of the molecule is CC1(n2c(=O)c3c(-c4noc(C5CCOC5)n4)ncn3c3ccc(F)c(C#N)c32)CCCO1. The van der Waals surface area contributed by atoms with E-state index < -0.39 is 17.1 Å². The second kappa shape index (κ2) is 7.19. The summed E-state index contributed by atoms with van der Waals surface area (Å²) in [5, 5.41) is 13.8. The Labute approximate surface area is 186 Å². The molecular formula is C22H19FN6O4. The van der Waals surface area contributed by atoms with E-state index in [1.807, 2.05) is 6.07 Å². The zero-order valence-electron chi connectivity index (χ0n) is 17.7. The number of hydrogen-bond acceptors (Lipinski definition) is 8. The number of aromatic nitrogens is 5. The Morgan fingerprint density at radius 2 is 2.18 bits per heavy atom. The lowest BCUT2D eigenvalue weighted by atomic mass is 10.1. The third-order valence-electron chi connectivity index (χ3n) is 6.48. The summed E-state index contributed by atoms with van der Waals surface area (Å²) in [6.07, 6.45) is 3.50. The zero-order valence-corrected chi connectivity index (χ0v) is 17.7. The third-order valence-corrected chi connectivity index (χ3v) is 6.48. The van der Waals surface area contributed by atoms with Gasteiger partial charge in [-0.1, -0.05) is 5.16 Å². The summed E-state index contributed by atoms with van der Waals surface area (Å²) < 4.78 is 34.3. The van der Waals surface area contributed by atoms with E-state index in [9.17, 15) is 14.4 Å². The van der Waals surface area contributed by atoms with Crippen molar-refractivity contribution in [2.75, 3.05) is 19.8 Å². The third kappa shape index (κ3) is 2.84. The Bertz CT molecular complexity index is 1500. The number of nitriles is 1. The predicted octanol–water partition coefficient (Wildman–Crippen LogP) is 2.70. The highest BCUT2D eigenvalue weighted by Crippen LogP contribution is 2.35. The summed E-state index contributed by atoms with van der Waals surface area (Å²) in [6, 6.07) is 4.64. The van der Waals surface area contributed by atoms with E-state index in [0.717, 1.165) is 12.8 Å². The molecule has 10 nitrogen and oxygen atoms in total. The molecule has 168 valence electrons. The van der Waals surface area contributed by atoms with Crippen LogP contribution >= 0.6 is 0 Å². The normalized spacial score (nSPS) is 23.0. The number of fused-ring (bicyclic) bond motifs is 3. The molecule has 33 heavy (non-hydrogen) atoms. The maximum Gasteiger partial charge on any atom is 0.280 e. The Balaban J connectivity index is 1.67. The molecule has 2 saturated heterocycles. The molecule has 0 saturated carbocycles. The van der Waals surface area contributed by atoms with Crippen molar-refractivity contribution in [3.05, 3.63) is 46.1 Å². The van der Waals surface area contributed by atoms with Crippen molar-refractivity contribution >= 4 is 16.6 Å². The van der Waals surface area contributed by atoms with Gasteiger partial charge in [-0.05, 0) is 38.3 Å². The van der Waals surface area contributed by atoms with Crippen molar-refractivity contribution < 1.29 is 18.4 Å². The molecule has 2 atom stereocenters. The van der Waals surface area contributed by atoms with Gasteiger partial charge in [0.05, 0.1) is 23.6 Å². The Hall–Kier alpha value is -3.62. The maximum atomic E-state index is 14.6. The summed E-state index contributed by atoms with van der Waals surface area (Å²) in [7, 11) is 0. The van der Waals surface area contributed by atoms with E-state index in [-0.39, 0.29) is 34.0 Å². The number of imidazole rings is 1.